The average molecular weight is 479 g/mol. The molecular formula is C24H23BrN4O2. The number of aromatic nitrogens is 1. The molecule has 0 saturated carbocycles. The summed E-state index contributed by atoms with van der Waals surface area (Å²) in [6, 6.07) is 16.0. The van der Waals surface area contributed by atoms with Crippen molar-refractivity contribution >= 4 is 27.4 Å². The molecule has 2 heterocycles. The van der Waals surface area contributed by atoms with Crippen LogP contribution in [0.25, 0.3) is 22.3 Å². The molecule has 0 radical (unpaired) electrons. The zero-order chi connectivity index (χ0) is 21.8. The van der Waals surface area contributed by atoms with E-state index in [9.17, 15) is 0 Å². The number of ether oxygens (including phenoxy) is 2. The third-order valence-electron chi connectivity index (χ3n) is 4.99. The van der Waals surface area contributed by atoms with Crippen molar-refractivity contribution < 1.29 is 9.47 Å². The van der Waals surface area contributed by atoms with Crippen LogP contribution in [-0.2, 0) is 0 Å². The fourth-order valence-corrected chi connectivity index (χ4v) is 3.83. The molecule has 1 aliphatic heterocycles. The van der Waals surface area contributed by atoms with E-state index in [-0.39, 0.29) is 0 Å². The number of nitrogen functional groups attached to an aromatic ring is 1. The van der Waals surface area contributed by atoms with Crippen LogP contribution in [0.5, 0.6) is 11.5 Å². The summed E-state index contributed by atoms with van der Waals surface area (Å²) in [4.78, 5) is 4.42. The minimum absolute atomic E-state index is 0.484. The molecule has 0 spiro atoms. The first-order valence-electron chi connectivity index (χ1n) is 9.72. The summed E-state index contributed by atoms with van der Waals surface area (Å²) in [6.07, 6.45) is 6.46. The lowest BCUT2D eigenvalue weighted by molar-refractivity contribution is 0.355. The summed E-state index contributed by atoms with van der Waals surface area (Å²) in [5, 5.41) is 6.53. The molecule has 0 amide bonds. The second-order valence-electron chi connectivity index (χ2n) is 7.03. The number of nitrogens with two attached hydrogens (primary N) is 1. The van der Waals surface area contributed by atoms with Gasteiger partial charge in [0.1, 0.15) is 5.82 Å². The van der Waals surface area contributed by atoms with Crippen molar-refractivity contribution in [2.24, 2.45) is 0 Å². The number of dihydropyridines is 1. The fraction of sp³-hybridized carbons (Fsp3) is 0.125. The van der Waals surface area contributed by atoms with Crippen molar-refractivity contribution in [3.8, 4) is 33.8 Å². The Labute approximate surface area is 189 Å². The van der Waals surface area contributed by atoms with Crippen LogP contribution in [0.3, 0.4) is 0 Å². The minimum atomic E-state index is 0.484. The highest BCUT2D eigenvalue weighted by Crippen LogP contribution is 2.35. The summed E-state index contributed by atoms with van der Waals surface area (Å²) < 4.78 is 11.9. The van der Waals surface area contributed by atoms with Crippen LogP contribution in [0.15, 0.2) is 77.3 Å². The van der Waals surface area contributed by atoms with Gasteiger partial charge in [-0.1, -0.05) is 34.1 Å². The Hall–Kier alpha value is -3.45. The van der Waals surface area contributed by atoms with Crippen molar-refractivity contribution in [2.45, 2.75) is 6.42 Å². The third-order valence-corrected chi connectivity index (χ3v) is 5.50. The predicted octanol–water partition coefficient (Wildman–Crippen LogP) is 5.50. The lowest BCUT2D eigenvalue weighted by atomic mass is 10.0. The molecule has 6 nitrogen and oxygen atoms in total. The van der Waals surface area contributed by atoms with Gasteiger partial charge in [0, 0.05) is 52.0 Å². The van der Waals surface area contributed by atoms with Gasteiger partial charge >= 0.3 is 0 Å². The summed E-state index contributed by atoms with van der Waals surface area (Å²) in [5.41, 5.74) is 12.1. The molecule has 4 N–H and O–H groups in total. The fourth-order valence-electron chi connectivity index (χ4n) is 3.40. The molecule has 31 heavy (non-hydrogen) atoms. The van der Waals surface area contributed by atoms with Gasteiger partial charge in [0.2, 0.25) is 0 Å². The molecule has 7 heteroatoms. The molecule has 4 rings (SSSR count). The van der Waals surface area contributed by atoms with E-state index in [2.05, 4.69) is 31.5 Å². The quantitative estimate of drug-likeness (QED) is 0.434. The average Bonchev–Trinajstić information content (AvgIpc) is 2.79. The van der Waals surface area contributed by atoms with E-state index in [0.29, 0.717) is 17.3 Å². The number of rotatable bonds is 6. The van der Waals surface area contributed by atoms with E-state index in [1.54, 1.807) is 20.4 Å². The van der Waals surface area contributed by atoms with Gasteiger partial charge in [-0.15, -0.1) is 0 Å². The zero-order valence-corrected chi connectivity index (χ0v) is 18.9. The maximum atomic E-state index is 6.20. The van der Waals surface area contributed by atoms with E-state index < -0.39 is 0 Å². The number of anilines is 2. The monoisotopic (exact) mass is 478 g/mol. The Bertz CT molecular complexity index is 1160. The van der Waals surface area contributed by atoms with Crippen molar-refractivity contribution in [3.63, 3.8) is 0 Å². The number of nitrogens with one attached hydrogen (secondary N) is 2. The summed E-state index contributed by atoms with van der Waals surface area (Å²) >= 11 is 3.52. The number of allylic oxidation sites excluding steroid dienone is 1. The molecule has 0 bridgehead atoms. The second kappa shape index (κ2) is 9.14. The van der Waals surface area contributed by atoms with Crippen LogP contribution in [0.1, 0.15) is 6.42 Å². The topological polar surface area (TPSA) is 81.4 Å². The Balaban J connectivity index is 1.59. The standard InChI is InChI=1S/C24H23BrN4O2/c1-30-22-8-5-16(10-23(22)31-2)17-9-21(24(26)28-12-17)15-3-6-19(7-4-15)29-20-11-18(25)13-27-14-20/h3-10,12-14,27,29H,11H2,1-2H3,(H2,26,28). The first-order valence-corrected chi connectivity index (χ1v) is 10.5. The number of hydrogen-bond donors (Lipinski definition) is 3. The smallest absolute Gasteiger partial charge is 0.161 e. The van der Waals surface area contributed by atoms with Crippen molar-refractivity contribution in [1.29, 1.82) is 0 Å². The van der Waals surface area contributed by atoms with E-state index in [4.69, 9.17) is 15.2 Å². The molecule has 3 aromatic rings. The SMILES string of the molecule is COc1ccc(-c2cnc(N)c(-c3ccc(NC4=CNC=C(Br)C4)cc3)c2)cc1OC. The molecular weight excluding hydrogens is 456 g/mol. The summed E-state index contributed by atoms with van der Waals surface area (Å²) in [7, 11) is 3.24. The van der Waals surface area contributed by atoms with Gasteiger partial charge in [-0.05, 0) is 41.5 Å². The Morgan fingerprint density at radius 3 is 2.39 bits per heavy atom. The zero-order valence-electron chi connectivity index (χ0n) is 17.3. The van der Waals surface area contributed by atoms with Crippen LogP contribution in [0.2, 0.25) is 0 Å². The number of pyridine rings is 1. The molecule has 0 aliphatic carbocycles. The number of nitrogens with zero attached hydrogens (tertiary/aromatic N) is 1. The van der Waals surface area contributed by atoms with Gasteiger partial charge < -0.3 is 25.8 Å². The normalized spacial score (nSPS) is 13.0. The molecule has 0 unspecified atom stereocenters. The highest BCUT2D eigenvalue weighted by Gasteiger charge is 2.11. The Kier molecular flexibility index (Phi) is 6.13. The number of hydrogen-bond acceptors (Lipinski definition) is 6. The molecule has 1 aromatic heterocycles. The second-order valence-corrected chi connectivity index (χ2v) is 8.05. The maximum absolute atomic E-state index is 6.20. The van der Waals surface area contributed by atoms with Crippen LogP contribution in [-0.4, -0.2) is 19.2 Å². The molecule has 158 valence electrons. The van der Waals surface area contributed by atoms with E-state index in [0.717, 1.165) is 44.5 Å². The molecule has 1 aliphatic rings. The molecule has 0 fully saturated rings. The van der Waals surface area contributed by atoms with Gasteiger partial charge in [-0.25, -0.2) is 4.98 Å². The van der Waals surface area contributed by atoms with Crippen molar-refractivity contribution in [2.75, 3.05) is 25.3 Å². The Morgan fingerprint density at radius 1 is 0.935 bits per heavy atom. The first kappa shape index (κ1) is 20.8. The van der Waals surface area contributed by atoms with E-state index >= 15 is 0 Å². The molecule has 0 atom stereocenters. The van der Waals surface area contributed by atoms with Crippen LogP contribution < -0.4 is 25.8 Å². The van der Waals surface area contributed by atoms with Crippen LogP contribution in [0.4, 0.5) is 11.5 Å². The first-order chi connectivity index (χ1) is 15.1. The van der Waals surface area contributed by atoms with E-state index in [1.807, 2.05) is 60.9 Å². The largest absolute Gasteiger partial charge is 0.493 e. The van der Waals surface area contributed by atoms with Gasteiger partial charge in [0.05, 0.1) is 14.2 Å². The van der Waals surface area contributed by atoms with Gasteiger partial charge in [0.15, 0.2) is 11.5 Å². The van der Waals surface area contributed by atoms with Gasteiger partial charge in [-0.3, -0.25) is 0 Å². The highest BCUT2D eigenvalue weighted by atomic mass is 79.9. The maximum Gasteiger partial charge on any atom is 0.161 e. The molecule has 0 saturated heterocycles. The van der Waals surface area contributed by atoms with Crippen molar-refractivity contribution in [3.05, 3.63) is 77.3 Å². The molecule has 2 aromatic carbocycles. The van der Waals surface area contributed by atoms with Crippen LogP contribution >= 0.6 is 15.9 Å². The van der Waals surface area contributed by atoms with Crippen molar-refractivity contribution in [1.82, 2.24) is 10.3 Å². The van der Waals surface area contributed by atoms with E-state index in [1.165, 1.54) is 0 Å². The summed E-state index contributed by atoms with van der Waals surface area (Å²) in [6.45, 7) is 0. The number of benzene rings is 2. The number of methoxy groups -OCH3 is 2. The highest BCUT2D eigenvalue weighted by molar-refractivity contribution is 9.11. The third kappa shape index (κ3) is 4.67. The summed E-state index contributed by atoms with van der Waals surface area (Å²) in [5.74, 6) is 1.84. The number of halogens is 1. The predicted molar refractivity (Wildman–Crippen MR) is 129 cm³/mol. The lowest BCUT2D eigenvalue weighted by Gasteiger charge is -2.15. The minimum Gasteiger partial charge on any atom is -0.493 e. The van der Waals surface area contributed by atoms with Crippen LogP contribution in [0, 0.1) is 0 Å². The van der Waals surface area contributed by atoms with Gasteiger partial charge in [0.25, 0.3) is 0 Å². The lowest BCUT2D eigenvalue weighted by Crippen LogP contribution is -2.09. The Morgan fingerprint density at radius 2 is 1.68 bits per heavy atom. The van der Waals surface area contributed by atoms with Gasteiger partial charge in [-0.2, -0.15) is 0 Å².